The first-order valence-electron chi connectivity index (χ1n) is 7.30. The van der Waals surface area contributed by atoms with Crippen LogP contribution in [0.1, 0.15) is 25.3 Å². The first-order chi connectivity index (χ1) is 9.28. The van der Waals surface area contributed by atoms with Crippen molar-refractivity contribution in [3.8, 4) is 0 Å². The number of halogens is 1. The summed E-state index contributed by atoms with van der Waals surface area (Å²) in [5.41, 5.74) is 1.30. The summed E-state index contributed by atoms with van der Waals surface area (Å²) in [5, 5.41) is 4.24. The second-order valence-corrected chi connectivity index (χ2v) is 5.93. The van der Waals surface area contributed by atoms with Gasteiger partial charge in [0.2, 0.25) is 0 Å². The van der Waals surface area contributed by atoms with Crippen LogP contribution >= 0.6 is 11.6 Å². The Labute approximate surface area is 121 Å². The fraction of sp³-hybridized carbons (Fsp3) is 0.625. The summed E-state index contributed by atoms with van der Waals surface area (Å²) < 4.78 is 5.85. The van der Waals surface area contributed by atoms with Crippen molar-refractivity contribution in [3.05, 3.63) is 34.9 Å². The molecule has 0 heterocycles. The number of hydrogen-bond donors (Lipinski definition) is 1. The number of hydrogen-bond acceptors (Lipinski definition) is 2. The molecule has 0 bridgehead atoms. The standard InChI is InChI=1S/C16H24ClNO/c1-2-18-10-15(12-19-11-13-6-7-13)8-14-4-3-5-16(17)9-14/h3-5,9,13,15,18H,2,6-8,10-12H2,1H3. The van der Waals surface area contributed by atoms with E-state index < -0.39 is 0 Å². The lowest BCUT2D eigenvalue weighted by Crippen LogP contribution is -2.27. The third-order valence-corrected chi connectivity index (χ3v) is 3.74. The van der Waals surface area contributed by atoms with Gasteiger partial charge >= 0.3 is 0 Å². The number of nitrogens with one attached hydrogen (secondary N) is 1. The molecule has 1 aliphatic rings. The van der Waals surface area contributed by atoms with Crippen molar-refractivity contribution in [3.63, 3.8) is 0 Å². The van der Waals surface area contributed by atoms with Gasteiger partial charge in [0.25, 0.3) is 0 Å². The van der Waals surface area contributed by atoms with Crippen molar-refractivity contribution in [2.75, 3.05) is 26.3 Å². The largest absolute Gasteiger partial charge is 0.381 e. The molecule has 1 fully saturated rings. The lowest BCUT2D eigenvalue weighted by molar-refractivity contribution is 0.0909. The lowest BCUT2D eigenvalue weighted by atomic mass is 10.00. The summed E-state index contributed by atoms with van der Waals surface area (Å²) in [4.78, 5) is 0. The molecule has 0 radical (unpaired) electrons. The van der Waals surface area contributed by atoms with Crippen LogP contribution in [-0.2, 0) is 11.2 Å². The van der Waals surface area contributed by atoms with Crippen LogP contribution in [0.4, 0.5) is 0 Å². The van der Waals surface area contributed by atoms with E-state index in [4.69, 9.17) is 16.3 Å². The maximum atomic E-state index is 6.04. The lowest BCUT2D eigenvalue weighted by Gasteiger charge is -2.18. The number of ether oxygens (including phenoxy) is 1. The third kappa shape index (κ3) is 5.94. The molecule has 1 aromatic carbocycles. The van der Waals surface area contributed by atoms with Gasteiger partial charge in [-0.1, -0.05) is 30.7 Å². The molecule has 3 heteroatoms. The molecule has 2 nitrogen and oxygen atoms in total. The van der Waals surface area contributed by atoms with Crippen molar-refractivity contribution in [2.24, 2.45) is 11.8 Å². The Hall–Kier alpha value is -0.570. The van der Waals surface area contributed by atoms with Gasteiger partial charge in [-0.15, -0.1) is 0 Å². The molecule has 106 valence electrons. The van der Waals surface area contributed by atoms with Gasteiger partial charge in [-0.3, -0.25) is 0 Å². The Bertz CT molecular complexity index is 379. The normalized spacial score (nSPS) is 16.5. The topological polar surface area (TPSA) is 21.3 Å². The van der Waals surface area contributed by atoms with Gasteiger partial charge in [0, 0.05) is 18.2 Å². The van der Waals surface area contributed by atoms with E-state index in [-0.39, 0.29) is 0 Å². The van der Waals surface area contributed by atoms with Crippen LogP contribution in [-0.4, -0.2) is 26.3 Å². The quantitative estimate of drug-likeness (QED) is 0.748. The van der Waals surface area contributed by atoms with Crippen LogP contribution in [0.3, 0.4) is 0 Å². The molecule has 1 aliphatic carbocycles. The first-order valence-corrected chi connectivity index (χ1v) is 7.68. The van der Waals surface area contributed by atoms with E-state index in [0.29, 0.717) is 5.92 Å². The molecular weight excluding hydrogens is 258 g/mol. The van der Waals surface area contributed by atoms with Crippen LogP contribution in [0.2, 0.25) is 5.02 Å². The summed E-state index contributed by atoms with van der Waals surface area (Å²) >= 11 is 6.04. The summed E-state index contributed by atoms with van der Waals surface area (Å²) in [6, 6.07) is 8.15. The van der Waals surface area contributed by atoms with Crippen LogP contribution < -0.4 is 5.32 Å². The Morgan fingerprint density at radius 3 is 2.95 bits per heavy atom. The number of rotatable bonds is 9. The van der Waals surface area contributed by atoms with Crippen molar-refractivity contribution in [2.45, 2.75) is 26.2 Å². The SMILES string of the molecule is CCNCC(COCC1CC1)Cc1cccc(Cl)c1. The second-order valence-electron chi connectivity index (χ2n) is 5.49. The average Bonchev–Trinajstić information content (AvgIpc) is 3.20. The Balaban J connectivity index is 1.80. The van der Waals surface area contributed by atoms with Gasteiger partial charge < -0.3 is 10.1 Å². The highest BCUT2D eigenvalue weighted by Crippen LogP contribution is 2.29. The Morgan fingerprint density at radius 1 is 1.42 bits per heavy atom. The molecule has 0 amide bonds. The van der Waals surface area contributed by atoms with E-state index in [2.05, 4.69) is 24.4 Å². The molecule has 0 spiro atoms. The maximum Gasteiger partial charge on any atom is 0.0509 e. The van der Waals surface area contributed by atoms with Gasteiger partial charge in [0.05, 0.1) is 6.61 Å². The predicted octanol–water partition coefficient (Wildman–Crippen LogP) is 3.53. The third-order valence-electron chi connectivity index (χ3n) is 3.50. The molecule has 1 unspecified atom stereocenters. The highest BCUT2D eigenvalue weighted by Gasteiger charge is 2.21. The van der Waals surface area contributed by atoms with Gasteiger partial charge in [-0.05, 0) is 55.3 Å². The molecule has 1 saturated carbocycles. The highest BCUT2D eigenvalue weighted by molar-refractivity contribution is 6.30. The van der Waals surface area contributed by atoms with Crippen molar-refractivity contribution in [1.29, 1.82) is 0 Å². The van der Waals surface area contributed by atoms with E-state index in [1.54, 1.807) is 0 Å². The molecule has 0 aliphatic heterocycles. The molecule has 1 N–H and O–H groups in total. The average molecular weight is 282 g/mol. The molecule has 1 aromatic rings. The molecular formula is C16H24ClNO. The maximum absolute atomic E-state index is 6.04. The molecule has 0 saturated heterocycles. The van der Waals surface area contributed by atoms with Gasteiger partial charge in [0.15, 0.2) is 0 Å². The second kappa shape index (κ2) is 7.88. The van der Waals surface area contributed by atoms with E-state index in [1.165, 1.54) is 18.4 Å². The van der Waals surface area contributed by atoms with Crippen molar-refractivity contribution >= 4 is 11.6 Å². The van der Waals surface area contributed by atoms with Gasteiger partial charge in [-0.2, -0.15) is 0 Å². The zero-order valence-corrected chi connectivity index (χ0v) is 12.5. The predicted molar refractivity (Wildman–Crippen MR) is 80.7 cm³/mol. The fourth-order valence-corrected chi connectivity index (χ4v) is 2.43. The first kappa shape index (κ1) is 14.8. The monoisotopic (exact) mass is 281 g/mol. The van der Waals surface area contributed by atoms with E-state index >= 15 is 0 Å². The smallest absolute Gasteiger partial charge is 0.0509 e. The number of benzene rings is 1. The minimum Gasteiger partial charge on any atom is -0.381 e. The molecule has 0 aromatic heterocycles. The highest BCUT2D eigenvalue weighted by atomic mass is 35.5. The summed E-state index contributed by atoms with van der Waals surface area (Å²) in [7, 11) is 0. The fourth-order valence-electron chi connectivity index (χ4n) is 2.22. The Morgan fingerprint density at radius 2 is 2.26 bits per heavy atom. The van der Waals surface area contributed by atoms with E-state index in [9.17, 15) is 0 Å². The molecule has 19 heavy (non-hydrogen) atoms. The van der Waals surface area contributed by atoms with Gasteiger partial charge in [-0.25, -0.2) is 0 Å². The van der Waals surface area contributed by atoms with Crippen LogP contribution in [0.25, 0.3) is 0 Å². The van der Waals surface area contributed by atoms with Gasteiger partial charge in [0.1, 0.15) is 0 Å². The zero-order valence-electron chi connectivity index (χ0n) is 11.7. The van der Waals surface area contributed by atoms with E-state index in [1.807, 2.05) is 12.1 Å². The zero-order chi connectivity index (χ0) is 13.5. The minimum absolute atomic E-state index is 0.525. The van der Waals surface area contributed by atoms with Crippen molar-refractivity contribution < 1.29 is 4.74 Å². The molecule has 2 rings (SSSR count). The summed E-state index contributed by atoms with van der Waals surface area (Å²) in [6.45, 7) is 5.94. The minimum atomic E-state index is 0.525. The van der Waals surface area contributed by atoms with Crippen LogP contribution in [0, 0.1) is 11.8 Å². The molecule has 1 atom stereocenters. The van der Waals surface area contributed by atoms with E-state index in [0.717, 1.165) is 43.7 Å². The van der Waals surface area contributed by atoms with Crippen molar-refractivity contribution in [1.82, 2.24) is 5.32 Å². The Kier molecular flexibility index (Phi) is 6.15. The summed E-state index contributed by atoms with van der Waals surface area (Å²) in [5.74, 6) is 1.36. The van der Waals surface area contributed by atoms with Crippen LogP contribution in [0.5, 0.6) is 0 Å². The van der Waals surface area contributed by atoms with Crippen LogP contribution in [0.15, 0.2) is 24.3 Å². The summed E-state index contributed by atoms with van der Waals surface area (Å²) in [6.07, 6.45) is 3.73.